The molecule has 0 aliphatic carbocycles. The maximum Gasteiger partial charge on any atom is 0.264 e. The molecule has 0 spiro atoms. The summed E-state index contributed by atoms with van der Waals surface area (Å²) in [4.78, 5) is 28.9. The van der Waals surface area contributed by atoms with Crippen LogP contribution in [0.4, 0.5) is 5.69 Å². The van der Waals surface area contributed by atoms with Crippen LogP contribution in [0.15, 0.2) is 83.8 Å². The van der Waals surface area contributed by atoms with Gasteiger partial charge < -0.3 is 19.7 Å². The molecule has 0 aromatic heterocycles. The number of benzene rings is 3. The Bertz CT molecular complexity index is 1400. The van der Waals surface area contributed by atoms with Crippen LogP contribution in [0, 0.1) is 0 Å². The van der Waals surface area contributed by atoms with E-state index in [9.17, 15) is 18.0 Å². The molecule has 2 amide bonds. The number of para-hydroxylation sites is 2. The second-order valence-electron chi connectivity index (χ2n) is 9.44. The Labute approximate surface area is 243 Å². The van der Waals surface area contributed by atoms with Gasteiger partial charge in [-0.1, -0.05) is 62.7 Å². The molecule has 0 bridgehead atoms. The van der Waals surface area contributed by atoms with Crippen molar-refractivity contribution in [3.05, 3.63) is 84.4 Å². The van der Waals surface area contributed by atoms with E-state index >= 15 is 0 Å². The summed E-state index contributed by atoms with van der Waals surface area (Å²) in [5.74, 6) is 0.0869. The molecule has 9 nitrogen and oxygen atoms in total. The fourth-order valence-corrected chi connectivity index (χ4v) is 5.91. The number of carbonyl (C=O) groups is 2. The van der Waals surface area contributed by atoms with Crippen molar-refractivity contribution in [1.82, 2.24) is 10.2 Å². The number of anilines is 1. The molecule has 1 unspecified atom stereocenters. The third-order valence-electron chi connectivity index (χ3n) is 6.67. The summed E-state index contributed by atoms with van der Waals surface area (Å²) < 4.78 is 39.8. The molecular weight excluding hydrogens is 542 g/mol. The third-order valence-corrected chi connectivity index (χ3v) is 8.44. The molecule has 0 radical (unpaired) electrons. The number of rotatable bonds is 15. The van der Waals surface area contributed by atoms with Gasteiger partial charge in [-0.25, -0.2) is 8.42 Å². The van der Waals surface area contributed by atoms with E-state index in [2.05, 4.69) is 5.32 Å². The standard InChI is InChI=1S/C31H39N3O6S/c1-5-7-20-32-31(36)27(6-2)33(22-24-14-13-15-25(21-24)39-3)30(35)23-34(28-18-11-12-19-29(28)40-4)41(37,38)26-16-9-8-10-17-26/h8-19,21,27H,5-7,20,22-23H2,1-4H3,(H,32,36). The normalized spacial score (nSPS) is 11.8. The molecule has 3 aromatic carbocycles. The lowest BCUT2D eigenvalue weighted by Crippen LogP contribution is -2.52. The summed E-state index contributed by atoms with van der Waals surface area (Å²) in [7, 11) is -1.19. The molecule has 1 N–H and O–H groups in total. The number of carbonyl (C=O) groups excluding carboxylic acids is 2. The van der Waals surface area contributed by atoms with Crippen LogP contribution in [-0.4, -0.2) is 58.5 Å². The maximum atomic E-state index is 14.2. The second kappa shape index (κ2) is 15.1. The first kappa shape index (κ1) is 31.5. The van der Waals surface area contributed by atoms with E-state index in [1.54, 1.807) is 67.8 Å². The second-order valence-corrected chi connectivity index (χ2v) is 11.3. The Morgan fingerprint density at radius 1 is 0.902 bits per heavy atom. The molecular formula is C31H39N3O6S. The third kappa shape index (κ3) is 8.00. The minimum atomic E-state index is -4.18. The summed E-state index contributed by atoms with van der Waals surface area (Å²) >= 11 is 0. The predicted octanol–water partition coefficient (Wildman–Crippen LogP) is 4.62. The van der Waals surface area contributed by atoms with E-state index in [4.69, 9.17) is 9.47 Å². The van der Waals surface area contributed by atoms with Crippen molar-refractivity contribution >= 4 is 27.5 Å². The zero-order valence-electron chi connectivity index (χ0n) is 24.1. The van der Waals surface area contributed by atoms with Crippen LogP contribution in [0.1, 0.15) is 38.7 Å². The van der Waals surface area contributed by atoms with Crippen molar-refractivity contribution < 1.29 is 27.5 Å². The molecule has 0 aliphatic rings. The van der Waals surface area contributed by atoms with Gasteiger partial charge in [-0.2, -0.15) is 0 Å². The van der Waals surface area contributed by atoms with Crippen LogP contribution < -0.4 is 19.1 Å². The van der Waals surface area contributed by atoms with E-state index < -0.39 is 28.5 Å². The predicted molar refractivity (Wildman–Crippen MR) is 160 cm³/mol. The monoisotopic (exact) mass is 581 g/mol. The topological polar surface area (TPSA) is 105 Å². The van der Waals surface area contributed by atoms with E-state index in [0.717, 1.165) is 22.7 Å². The molecule has 10 heteroatoms. The van der Waals surface area contributed by atoms with Crippen LogP contribution in [0.3, 0.4) is 0 Å². The number of ether oxygens (including phenoxy) is 2. The average Bonchev–Trinajstić information content (AvgIpc) is 3.00. The molecule has 3 rings (SSSR count). The van der Waals surface area contributed by atoms with Crippen LogP contribution in [0.5, 0.6) is 11.5 Å². The van der Waals surface area contributed by atoms with Gasteiger partial charge in [0.05, 0.1) is 24.8 Å². The Morgan fingerprint density at radius 2 is 1.61 bits per heavy atom. The molecule has 41 heavy (non-hydrogen) atoms. The molecule has 0 fully saturated rings. The smallest absolute Gasteiger partial charge is 0.264 e. The summed E-state index contributed by atoms with van der Waals surface area (Å²) in [5, 5.41) is 2.93. The minimum Gasteiger partial charge on any atom is -0.497 e. The van der Waals surface area contributed by atoms with Gasteiger partial charge >= 0.3 is 0 Å². The van der Waals surface area contributed by atoms with E-state index in [1.807, 2.05) is 19.9 Å². The first-order chi connectivity index (χ1) is 19.8. The first-order valence-corrected chi connectivity index (χ1v) is 15.1. The van der Waals surface area contributed by atoms with Crippen molar-refractivity contribution in [3.8, 4) is 11.5 Å². The van der Waals surface area contributed by atoms with Gasteiger partial charge in [0.1, 0.15) is 24.1 Å². The lowest BCUT2D eigenvalue weighted by molar-refractivity contribution is -0.140. The molecule has 220 valence electrons. The van der Waals surface area contributed by atoms with Gasteiger partial charge in [-0.05, 0) is 54.8 Å². The zero-order valence-corrected chi connectivity index (χ0v) is 24.9. The summed E-state index contributed by atoms with van der Waals surface area (Å²) in [5.41, 5.74) is 0.959. The van der Waals surface area contributed by atoms with Crippen molar-refractivity contribution in [3.63, 3.8) is 0 Å². The van der Waals surface area contributed by atoms with Crippen LogP contribution >= 0.6 is 0 Å². The minimum absolute atomic E-state index is 0.0300. The molecule has 1 atom stereocenters. The van der Waals surface area contributed by atoms with Crippen molar-refractivity contribution in [2.45, 2.75) is 50.6 Å². The number of amides is 2. The first-order valence-electron chi connectivity index (χ1n) is 13.7. The Hall–Kier alpha value is -4.05. The summed E-state index contributed by atoms with van der Waals surface area (Å²) in [6.07, 6.45) is 2.06. The molecule has 0 saturated heterocycles. The lowest BCUT2D eigenvalue weighted by Gasteiger charge is -2.33. The molecule has 0 aliphatic heterocycles. The number of hydrogen-bond donors (Lipinski definition) is 1. The average molecular weight is 582 g/mol. The Balaban J connectivity index is 2.07. The molecule has 0 heterocycles. The van der Waals surface area contributed by atoms with E-state index in [1.165, 1.54) is 24.1 Å². The number of nitrogens with zero attached hydrogens (tertiary/aromatic N) is 2. The SMILES string of the molecule is CCCCNC(=O)C(CC)N(Cc1cccc(OC)c1)C(=O)CN(c1ccccc1OC)S(=O)(=O)c1ccccc1. The van der Waals surface area contributed by atoms with Crippen molar-refractivity contribution in [1.29, 1.82) is 0 Å². The lowest BCUT2D eigenvalue weighted by atomic mass is 10.1. The summed E-state index contributed by atoms with van der Waals surface area (Å²) in [6.45, 7) is 3.89. The van der Waals surface area contributed by atoms with E-state index in [0.29, 0.717) is 24.5 Å². The van der Waals surface area contributed by atoms with Crippen molar-refractivity contribution in [2.75, 3.05) is 31.6 Å². The fourth-order valence-electron chi connectivity index (χ4n) is 4.46. The largest absolute Gasteiger partial charge is 0.497 e. The van der Waals surface area contributed by atoms with Gasteiger partial charge in [0.2, 0.25) is 11.8 Å². The molecule has 0 saturated carbocycles. The number of nitrogens with one attached hydrogen (secondary N) is 1. The number of methoxy groups -OCH3 is 2. The van der Waals surface area contributed by atoms with Gasteiger partial charge in [0, 0.05) is 13.1 Å². The highest BCUT2D eigenvalue weighted by Gasteiger charge is 2.34. The van der Waals surface area contributed by atoms with Gasteiger partial charge in [0.15, 0.2) is 0 Å². The van der Waals surface area contributed by atoms with Gasteiger partial charge in [-0.15, -0.1) is 0 Å². The number of hydrogen-bond acceptors (Lipinski definition) is 6. The van der Waals surface area contributed by atoms with Crippen LogP contribution in [-0.2, 0) is 26.2 Å². The summed E-state index contributed by atoms with van der Waals surface area (Å²) in [6, 6.07) is 21.0. The Morgan fingerprint density at radius 3 is 2.27 bits per heavy atom. The number of unbranched alkanes of at least 4 members (excludes halogenated alkanes) is 1. The number of sulfonamides is 1. The molecule has 3 aromatic rings. The van der Waals surface area contributed by atoms with Crippen LogP contribution in [0.2, 0.25) is 0 Å². The quantitative estimate of drug-likeness (QED) is 0.263. The highest BCUT2D eigenvalue weighted by atomic mass is 32.2. The zero-order chi connectivity index (χ0) is 29.8. The van der Waals surface area contributed by atoms with Gasteiger partial charge in [0.25, 0.3) is 10.0 Å². The van der Waals surface area contributed by atoms with E-state index in [-0.39, 0.29) is 23.0 Å². The Kier molecular flexibility index (Phi) is 11.6. The highest BCUT2D eigenvalue weighted by Crippen LogP contribution is 2.32. The maximum absolute atomic E-state index is 14.2. The highest BCUT2D eigenvalue weighted by molar-refractivity contribution is 7.92. The van der Waals surface area contributed by atoms with Gasteiger partial charge in [-0.3, -0.25) is 13.9 Å². The van der Waals surface area contributed by atoms with Crippen molar-refractivity contribution in [2.24, 2.45) is 0 Å². The van der Waals surface area contributed by atoms with Crippen LogP contribution in [0.25, 0.3) is 0 Å². The fraction of sp³-hybridized carbons (Fsp3) is 0.355.